The summed E-state index contributed by atoms with van der Waals surface area (Å²) in [7, 11) is -2.72. The highest BCUT2D eigenvalue weighted by atomic mass is 32.2. The second-order valence-electron chi connectivity index (χ2n) is 11.8. The van der Waals surface area contributed by atoms with Crippen LogP contribution in [0.4, 0.5) is 4.79 Å². The van der Waals surface area contributed by atoms with Crippen molar-refractivity contribution in [1.29, 1.82) is 0 Å². The molecule has 46 heavy (non-hydrogen) atoms. The highest BCUT2D eigenvalue weighted by molar-refractivity contribution is 7.89. The number of rotatable bonds is 15. The van der Waals surface area contributed by atoms with E-state index in [1.54, 1.807) is 19.1 Å². The van der Waals surface area contributed by atoms with Gasteiger partial charge in [0.05, 0.1) is 31.3 Å². The van der Waals surface area contributed by atoms with Crippen molar-refractivity contribution in [1.82, 2.24) is 9.21 Å². The summed E-state index contributed by atoms with van der Waals surface area (Å²) in [6, 6.07) is 22.3. The normalized spacial score (nSPS) is 15.6. The topological polar surface area (TPSA) is 150 Å². The number of benzene rings is 3. The second kappa shape index (κ2) is 16.3. The molecule has 0 aromatic heterocycles. The molecule has 10 nitrogen and oxygen atoms in total. The first kappa shape index (κ1) is 35.2. The number of imide groups is 1. The van der Waals surface area contributed by atoms with Gasteiger partial charge in [0.1, 0.15) is 0 Å². The molecule has 2 amide bonds. The van der Waals surface area contributed by atoms with Crippen LogP contribution < -0.4 is 5.73 Å². The summed E-state index contributed by atoms with van der Waals surface area (Å²) in [5.41, 5.74) is 8.92. The molecule has 1 aliphatic carbocycles. The Morgan fingerprint density at radius 2 is 1.48 bits per heavy atom. The van der Waals surface area contributed by atoms with Crippen molar-refractivity contribution in [3.8, 4) is 0 Å². The fourth-order valence-corrected chi connectivity index (χ4v) is 8.01. The Morgan fingerprint density at radius 1 is 0.913 bits per heavy atom. The highest BCUT2D eigenvalue weighted by Crippen LogP contribution is 2.34. The first-order valence-electron chi connectivity index (χ1n) is 15.7. The maximum absolute atomic E-state index is 14.0. The number of nitrogens with two attached hydrogens (primary N) is 1. The monoisotopic (exact) mass is 651 g/mol. The summed E-state index contributed by atoms with van der Waals surface area (Å²) in [5.74, 6) is -1.10. The van der Waals surface area contributed by atoms with Crippen molar-refractivity contribution < 1.29 is 33.0 Å². The molecule has 0 aliphatic heterocycles. The van der Waals surface area contributed by atoms with Crippen molar-refractivity contribution in [2.24, 2.45) is 5.73 Å². The Morgan fingerprint density at radius 3 is 1.93 bits per heavy atom. The molecule has 0 spiro atoms. The highest BCUT2D eigenvalue weighted by Gasteiger charge is 2.40. The van der Waals surface area contributed by atoms with E-state index >= 15 is 0 Å². The van der Waals surface area contributed by atoms with Gasteiger partial charge in [-0.15, -0.1) is 0 Å². The third-order valence-electron chi connectivity index (χ3n) is 8.86. The molecule has 4 N–H and O–H groups in total. The van der Waals surface area contributed by atoms with Gasteiger partial charge in [-0.25, -0.2) is 18.1 Å². The van der Waals surface area contributed by atoms with Crippen LogP contribution in [-0.2, 0) is 26.2 Å². The van der Waals surface area contributed by atoms with E-state index in [4.69, 9.17) is 10.5 Å². The molecule has 3 aromatic carbocycles. The lowest BCUT2D eigenvalue weighted by Crippen LogP contribution is -2.53. The number of amides is 2. The third kappa shape index (κ3) is 8.02. The summed E-state index contributed by atoms with van der Waals surface area (Å²) in [5, 5.41) is 19.8. The summed E-state index contributed by atoms with van der Waals surface area (Å²) in [6.45, 7) is 1.16. The molecule has 4 rings (SSSR count). The summed E-state index contributed by atoms with van der Waals surface area (Å²) in [4.78, 5) is 28.1. The second-order valence-corrected chi connectivity index (χ2v) is 13.7. The van der Waals surface area contributed by atoms with Crippen LogP contribution in [0.1, 0.15) is 68.1 Å². The number of carbonyl (C=O) groups excluding carboxylic acids is 2. The van der Waals surface area contributed by atoms with Crippen LogP contribution in [0.15, 0.2) is 89.8 Å². The van der Waals surface area contributed by atoms with Crippen LogP contribution in [0.3, 0.4) is 0 Å². The van der Waals surface area contributed by atoms with Gasteiger partial charge in [-0.3, -0.25) is 4.79 Å². The zero-order chi connectivity index (χ0) is 33.3. The summed E-state index contributed by atoms with van der Waals surface area (Å²) in [6.07, 6.45) is 2.56. The molecule has 0 unspecified atom stereocenters. The first-order valence-corrected chi connectivity index (χ1v) is 17.2. The van der Waals surface area contributed by atoms with Crippen LogP contribution in [0, 0.1) is 0 Å². The number of hydrogen-bond acceptors (Lipinski definition) is 8. The number of aliphatic hydroxyl groups is 2. The van der Waals surface area contributed by atoms with E-state index in [2.05, 4.69) is 0 Å². The van der Waals surface area contributed by atoms with E-state index < -0.39 is 46.1 Å². The number of carbonyl (C=O) groups is 2. The van der Waals surface area contributed by atoms with Crippen LogP contribution in [-0.4, -0.2) is 77.7 Å². The van der Waals surface area contributed by atoms with Crippen molar-refractivity contribution in [2.75, 3.05) is 13.7 Å². The van der Waals surface area contributed by atoms with Gasteiger partial charge in [0.25, 0.3) is 0 Å². The average Bonchev–Trinajstić information content (AvgIpc) is 3.06. The minimum absolute atomic E-state index is 0.103. The van der Waals surface area contributed by atoms with E-state index in [0.717, 1.165) is 22.4 Å². The molecule has 11 heteroatoms. The molecule has 0 radical (unpaired) electrons. The van der Waals surface area contributed by atoms with Gasteiger partial charge < -0.3 is 20.7 Å². The Kier molecular flexibility index (Phi) is 12.5. The number of ether oxygens (including phenoxy) is 1. The third-order valence-corrected chi connectivity index (χ3v) is 10.9. The zero-order valence-corrected chi connectivity index (χ0v) is 27.3. The Bertz CT molecular complexity index is 1480. The van der Waals surface area contributed by atoms with Crippen LogP contribution >= 0.6 is 0 Å². The summed E-state index contributed by atoms with van der Waals surface area (Å²) >= 11 is 0. The number of methoxy groups -OCH3 is 1. The van der Waals surface area contributed by atoms with Crippen molar-refractivity contribution in [2.45, 2.75) is 87.0 Å². The van der Waals surface area contributed by atoms with Gasteiger partial charge in [-0.2, -0.15) is 4.31 Å². The predicted molar refractivity (Wildman–Crippen MR) is 175 cm³/mol. The quantitative estimate of drug-likeness (QED) is 0.219. The lowest BCUT2D eigenvalue weighted by Gasteiger charge is -2.41. The predicted octanol–water partition coefficient (Wildman–Crippen LogP) is 4.40. The minimum atomic E-state index is -3.93. The van der Waals surface area contributed by atoms with Gasteiger partial charge in [-0.1, -0.05) is 79.2 Å². The van der Waals surface area contributed by atoms with Crippen molar-refractivity contribution >= 4 is 22.0 Å². The number of nitrogens with zero attached hydrogens (tertiary/aromatic N) is 2. The van der Waals surface area contributed by atoms with Gasteiger partial charge in [0.15, 0.2) is 0 Å². The molecule has 0 saturated heterocycles. The zero-order valence-electron chi connectivity index (χ0n) is 26.4. The smallest absolute Gasteiger partial charge is 0.416 e. The van der Waals surface area contributed by atoms with E-state index in [-0.39, 0.29) is 24.2 Å². The molecular formula is C35H45N3O7S. The first-order chi connectivity index (χ1) is 22.1. The standard InChI is InChI=1S/C35H45N3O7S/c1-25(11-9-18-30(24-40)38(29-16-10-17-29)46(43,44)31-21-19-26(23-39)20-22-31)37(35(42)45-2)34(41)33(36)32(27-12-5-3-6-13-27)28-14-7-4-8-15-28/h3-8,12-15,19-22,25,29-30,32-33,39-40H,9-11,16-18,23-24,36H2,1-2H3/t25-,30-,33-/m0/s1. The van der Waals surface area contributed by atoms with Crippen LogP contribution in [0.2, 0.25) is 0 Å². The van der Waals surface area contributed by atoms with Crippen LogP contribution in [0.5, 0.6) is 0 Å². The number of sulfonamides is 1. The lowest BCUT2D eigenvalue weighted by atomic mass is 9.84. The largest absolute Gasteiger partial charge is 0.452 e. The average molecular weight is 652 g/mol. The molecule has 248 valence electrons. The maximum atomic E-state index is 14.0. The van der Waals surface area contributed by atoms with Crippen molar-refractivity contribution in [3.63, 3.8) is 0 Å². The molecule has 1 aliphatic rings. The fourth-order valence-electron chi connectivity index (χ4n) is 6.11. The Labute approximate surface area is 271 Å². The van der Waals surface area contributed by atoms with E-state index in [9.17, 15) is 28.2 Å². The van der Waals surface area contributed by atoms with Crippen molar-refractivity contribution in [3.05, 3.63) is 102 Å². The molecule has 0 bridgehead atoms. The molecule has 3 aromatic rings. The molecule has 0 heterocycles. The SMILES string of the molecule is COC(=O)N(C(=O)[C@@H](N)C(c1ccccc1)c1ccccc1)[C@@H](C)CCC[C@@H](CO)N(C1CCC1)S(=O)(=O)c1ccc(CO)cc1. The van der Waals surface area contributed by atoms with Gasteiger partial charge in [0.2, 0.25) is 15.9 Å². The minimum Gasteiger partial charge on any atom is -0.452 e. The fraction of sp³-hybridized carbons (Fsp3) is 0.429. The molecule has 1 fully saturated rings. The molecule has 3 atom stereocenters. The van der Waals surface area contributed by atoms with Gasteiger partial charge in [-0.05, 0) is 67.9 Å². The number of aliphatic hydroxyl groups excluding tert-OH is 2. The van der Waals surface area contributed by atoms with Gasteiger partial charge in [0, 0.05) is 24.0 Å². The van der Waals surface area contributed by atoms with E-state index in [0.29, 0.717) is 37.7 Å². The van der Waals surface area contributed by atoms with Crippen LogP contribution in [0.25, 0.3) is 0 Å². The molecule has 1 saturated carbocycles. The van der Waals surface area contributed by atoms with Gasteiger partial charge >= 0.3 is 6.09 Å². The maximum Gasteiger partial charge on any atom is 0.416 e. The lowest BCUT2D eigenvalue weighted by molar-refractivity contribution is -0.132. The van der Waals surface area contributed by atoms with E-state index in [1.807, 2.05) is 60.7 Å². The Hall–Kier alpha value is -3.61. The molecular weight excluding hydrogens is 606 g/mol. The Balaban J connectivity index is 1.51. The number of hydrogen-bond donors (Lipinski definition) is 3. The summed E-state index contributed by atoms with van der Waals surface area (Å²) < 4.78 is 34.0. The van der Waals surface area contributed by atoms with E-state index in [1.165, 1.54) is 23.5 Å².